The lowest BCUT2D eigenvalue weighted by Crippen LogP contribution is -2.60. The summed E-state index contributed by atoms with van der Waals surface area (Å²) in [5.74, 6) is 0.00125. The van der Waals surface area contributed by atoms with Crippen LogP contribution in [0.2, 0.25) is 0 Å². The van der Waals surface area contributed by atoms with Crippen LogP contribution in [0.4, 0.5) is 19.1 Å². The Morgan fingerprint density at radius 1 is 1.44 bits per heavy atom. The van der Waals surface area contributed by atoms with Crippen LogP contribution in [-0.2, 0) is 6.18 Å². The number of anilines is 1. The van der Waals surface area contributed by atoms with Crippen molar-refractivity contribution in [3.63, 3.8) is 0 Å². The van der Waals surface area contributed by atoms with Crippen molar-refractivity contribution >= 4 is 5.95 Å². The molecule has 0 bridgehead atoms. The lowest BCUT2D eigenvalue weighted by Gasteiger charge is -2.44. The Hall–Kier alpha value is -1.37. The molecular weight excluding hydrogens is 223 g/mol. The molecule has 1 aliphatic heterocycles. The van der Waals surface area contributed by atoms with Crippen molar-refractivity contribution in [2.24, 2.45) is 0 Å². The summed E-state index contributed by atoms with van der Waals surface area (Å²) in [5.41, 5.74) is -1.83. The van der Waals surface area contributed by atoms with Crippen LogP contribution in [0, 0.1) is 0 Å². The van der Waals surface area contributed by atoms with Crippen LogP contribution >= 0.6 is 0 Å². The highest BCUT2D eigenvalue weighted by Gasteiger charge is 2.39. The van der Waals surface area contributed by atoms with E-state index in [0.717, 1.165) is 12.3 Å². The van der Waals surface area contributed by atoms with Crippen molar-refractivity contribution in [1.82, 2.24) is 9.97 Å². The van der Waals surface area contributed by atoms with Gasteiger partial charge in [-0.3, -0.25) is 0 Å². The van der Waals surface area contributed by atoms with E-state index in [1.807, 2.05) is 0 Å². The normalized spacial score (nSPS) is 19.4. The number of hydrogen-bond acceptors (Lipinski definition) is 4. The Kier molecular flexibility index (Phi) is 2.30. The average Bonchev–Trinajstić information content (AvgIpc) is 2.13. The molecule has 2 heterocycles. The molecule has 1 fully saturated rings. The summed E-state index contributed by atoms with van der Waals surface area (Å²) >= 11 is 0. The molecule has 0 atom stereocenters. The number of hydrogen-bond donors (Lipinski definition) is 1. The second-order valence-electron chi connectivity index (χ2n) is 4.09. The third-order valence-electron chi connectivity index (χ3n) is 2.28. The van der Waals surface area contributed by atoms with E-state index in [1.54, 1.807) is 6.92 Å². The summed E-state index contributed by atoms with van der Waals surface area (Å²) in [6.07, 6.45) is -3.40. The van der Waals surface area contributed by atoms with Gasteiger partial charge in [0.25, 0.3) is 0 Å². The minimum atomic E-state index is -4.47. The third kappa shape index (κ3) is 2.08. The maximum atomic E-state index is 12.3. The molecule has 1 N–H and O–H groups in total. The first-order chi connectivity index (χ1) is 7.28. The van der Waals surface area contributed by atoms with E-state index in [4.69, 9.17) is 0 Å². The molecule has 7 heteroatoms. The van der Waals surface area contributed by atoms with Gasteiger partial charge in [0.05, 0.1) is 18.7 Å². The maximum Gasteiger partial charge on any atom is 0.433 e. The van der Waals surface area contributed by atoms with Gasteiger partial charge in [-0.2, -0.15) is 13.2 Å². The average molecular weight is 233 g/mol. The second-order valence-corrected chi connectivity index (χ2v) is 4.09. The number of rotatable bonds is 1. The van der Waals surface area contributed by atoms with E-state index >= 15 is 0 Å². The van der Waals surface area contributed by atoms with Gasteiger partial charge in [0.2, 0.25) is 5.95 Å². The minimum Gasteiger partial charge on any atom is -0.386 e. The van der Waals surface area contributed by atoms with Gasteiger partial charge in [-0.25, -0.2) is 9.97 Å². The fraction of sp³-hybridized carbons (Fsp3) is 0.556. The Morgan fingerprint density at radius 3 is 2.56 bits per heavy atom. The molecule has 0 saturated carbocycles. The van der Waals surface area contributed by atoms with E-state index < -0.39 is 17.5 Å². The molecule has 1 saturated heterocycles. The first-order valence-electron chi connectivity index (χ1n) is 4.65. The summed E-state index contributed by atoms with van der Waals surface area (Å²) in [6.45, 7) is 2.10. The predicted octanol–water partition coefficient (Wildman–Crippen LogP) is 1.07. The van der Waals surface area contributed by atoms with Crippen LogP contribution in [0.1, 0.15) is 12.6 Å². The van der Waals surface area contributed by atoms with Gasteiger partial charge in [-0.15, -0.1) is 0 Å². The molecule has 1 aliphatic rings. The molecule has 0 aromatic carbocycles. The van der Waals surface area contributed by atoms with Crippen molar-refractivity contribution in [1.29, 1.82) is 0 Å². The predicted molar refractivity (Wildman–Crippen MR) is 49.9 cm³/mol. The summed E-state index contributed by atoms with van der Waals surface area (Å²) in [5, 5.41) is 9.45. The molecule has 0 amide bonds. The Labute approximate surface area is 89.7 Å². The lowest BCUT2D eigenvalue weighted by molar-refractivity contribution is -0.141. The number of halogens is 3. The van der Waals surface area contributed by atoms with Crippen LogP contribution < -0.4 is 4.90 Å². The van der Waals surface area contributed by atoms with E-state index in [1.165, 1.54) is 4.90 Å². The van der Waals surface area contributed by atoms with Crippen molar-refractivity contribution in [2.45, 2.75) is 18.7 Å². The standard InChI is InChI=1S/C9H10F3N3O/c1-8(16)4-15(5-8)7-13-3-2-6(14-7)9(10,11)12/h2-3,16H,4-5H2,1H3. The summed E-state index contributed by atoms with van der Waals surface area (Å²) < 4.78 is 37.0. The molecule has 1 aromatic rings. The zero-order valence-electron chi connectivity index (χ0n) is 8.49. The first-order valence-corrected chi connectivity index (χ1v) is 4.65. The van der Waals surface area contributed by atoms with Gasteiger partial charge < -0.3 is 10.0 Å². The molecule has 0 aliphatic carbocycles. The number of aliphatic hydroxyl groups is 1. The van der Waals surface area contributed by atoms with Crippen LogP contribution in [-0.4, -0.2) is 33.8 Å². The maximum absolute atomic E-state index is 12.3. The molecule has 0 radical (unpaired) electrons. The van der Waals surface area contributed by atoms with E-state index in [2.05, 4.69) is 9.97 Å². The number of β-amino-alcohol motifs (C(OH)–C–C–N with tert-alkyl or cyclic N) is 1. The van der Waals surface area contributed by atoms with Crippen molar-refractivity contribution in [3.05, 3.63) is 18.0 Å². The molecule has 2 rings (SSSR count). The molecule has 0 unspecified atom stereocenters. The number of alkyl halides is 3. The van der Waals surface area contributed by atoms with Crippen molar-refractivity contribution in [2.75, 3.05) is 18.0 Å². The summed E-state index contributed by atoms with van der Waals surface area (Å²) in [7, 11) is 0. The summed E-state index contributed by atoms with van der Waals surface area (Å²) in [4.78, 5) is 8.65. The van der Waals surface area contributed by atoms with Crippen LogP contribution in [0.15, 0.2) is 12.3 Å². The SMILES string of the molecule is CC1(O)CN(c2nccc(C(F)(F)F)n2)C1. The highest BCUT2D eigenvalue weighted by molar-refractivity contribution is 5.37. The smallest absolute Gasteiger partial charge is 0.386 e. The highest BCUT2D eigenvalue weighted by atomic mass is 19.4. The first kappa shape index (κ1) is 11.1. The molecule has 16 heavy (non-hydrogen) atoms. The van der Waals surface area contributed by atoms with E-state index in [-0.39, 0.29) is 19.0 Å². The van der Waals surface area contributed by atoms with Gasteiger partial charge in [-0.05, 0) is 13.0 Å². The zero-order chi connectivity index (χ0) is 12.0. The summed E-state index contributed by atoms with van der Waals surface area (Å²) in [6, 6.07) is 0.821. The van der Waals surface area contributed by atoms with Gasteiger partial charge in [0.1, 0.15) is 5.69 Å². The van der Waals surface area contributed by atoms with Gasteiger partial charge in [0, 0.05) is 6.20 Å². The fourth-order valence-electron chi connectivity index (χ4n) is 1.58. The minimum absolute atomic E-state index is 0.00125. The molecule has 1 aromatic heterocycles. The topological polar surface area (TPSA) is 49.2 Å². The van der Waals surface area contributed by atoms with Gasteiger partial charge in [-0.1, -0.05) is 0 Å². The highest BCUT2D eigenvalue weighted by Crippen LogP contribution is 2.30. The molecule has 88 valence electrons. The van der Waals surface area contributed by atoms with E-state index in [0.29, 0.717) is 0 Å². The Bertz CT molecular complexity index is 397. The largest absolute Gasteiger partial charge is 0.433 e. The van der Waals surface area contributed by atoms with E-state index in [9.17, 15) is 18.3 Å². The fourth-order valence-corrected chi connectivity index (χ4v) is 1.58. The van der Waals surface area contributed by atoms with Crippen molar-refractivity contribution < 1.29 is 18.3 Å². The van der Waals surface area contributed by atoms with Crippen molar-refractivity contribution in [3.8, 4) is 0 Å². The van der Waals surface area contributed by atoms with Crippen LogP contribution in [0.3, 0.4) is 0 Å². The quantitative estimate of drug-likeness (QED) is 0.788. The van der Waals surface area contributed by atoms with Crippen LogP contribution in [0.25, 0.3) is 0 Å². The third-order valence-corrected chi connectivity index (χ3v) is 2.28. The number of aromatic nitrogens is 2. The monoisotopic (exact) mass is 233 g/mol. The molecular formula is C9H10F3N3O. The lowest BCUT2D eigenvalue weighted by atomic mass is 9.98. The molecule has 4 nitrogen and oxygen atoms in total. The zero-order valence-corrected chi connectivity index (χ0v) is 8.49. The number of nitrogens with zero attached hydrogens (tertiary/aromatic N) is 3. The van der Waals surface area contributed by atoms with Gasteiger partial charge in [0.15, 0.2) is 0 Å². The Morgan fingerprint density at radius 2 is 2.06 bits per heavy atom. The van der Waals surface area contributed by atoms with Gasteiger partial charge >= 0.3 is 6.18 Å². The van der Waals surface area contributed by atoms with Crippen LogP contribution in [0.5, 0.6) is 0 Å². The Balaban J connectivity index is 2.18. The molecule has 0 spiro atoms. The second kappa shape index (κ2) is 3.31.